The Morgan fingerprint density at radius 1 is 1.53 bits per heavy atom. The first-order valence-electron chi connectivity index (χ1n) is 4.65. The highest BCUT2D eigenvalue weighted by molar-refractivity contribution is 6.31. The lowest BCUT2D eigenvalue weighted by atomic mass is 10.1. The number of methoxy groups -OCH3 is 1. The van der Waals surface area contributed by atoms with Gasteiger partial charge in [0.2, 0.25) is 0 Å². The summed E-state index contributed by atoms with van der Waals surface area (Å²) in [5, 5.41) is 17.5. The second kappa shape index (κ2) is 4.42. The van der Waals surface area contributed by atoms with E-state index in [4.69, 9.17) is 16.3 Å². The van der Waals surface area contributed by atoms with E-state index in [9.17, 15) is 10.1 Å². The number of hydrogen-bond donors (Lipinski definition) is 1. The average Bonchev–Trinajstić information content (AvgIpc) is 2.77. The molecule has 0 fully saturated rings. The SMILES string of the molecule is COc1ccc(Cl)cc1-c1[nH]ncc1[N+](=O)[O-]. The fourth-order valence-corrected chi connectivity index (χ4v) is 1.66. The quantitative estimate of drug-likeness (QED) is 0.673. The fourth-order valence-electron chi connectivity index (χ4n) is 1.49. The Kier molecular flexibility index (Phi) is 2.97. The monoisotopic (exact) mass is 253 g/mol. The molecule has 1 N–H and O–H groups in total. The average molecular weight is 254 g/mol. The van der Waals surface area contributed by atoms with Crippen molar-refractivity contribution in [2.45, 2.75) is 0 Å². The first-order chi connectivity index (χ1) is 8.13. The van der Waals surface area contributed by atoms with Gasteiger partial charge in [-0.3, -0.25) is 15.2 Å². The number of H-pyrrole nitrogens is 1. The number of aromatic nitrogens is 2. The topological polar surface area (TPSA) is 81.0 Å². The summed E-state index contributed by atoms with van der Waals surface area (Å²) in [4.78, 5) is 10.3. The zero-order chi connectivity index (χ0) is 12.4. The molecule has 0 aliphatic heterocycles. The molecule has 88 valence electrons. The van der Waals surface area contributed by atoms with Crippen molar-refractivity contribution in [2.24, 2.45) is 0 Å². The van der Waals surface area contributed by atoms with Gasteiger partial charge in [-0.25, -0.2) is 0 Å². The maximum Gasteiger partial charge on any atom is 0.314 e. The van der Waals surface area contributed by atoms with Crippen LogP contribution in [0.15, 0.2) is 24.4 Å². The molecule has 0 radical (unpaired) electrons. The van der Waals surface area contributed by atoms with Gasteiger partial charge in [0.1, 0.15) is 17.6 Å². The van der Waals surface area contributed by atoms with Crippen LogP contribution in [0.4, 0.5) is 5.69 Å². The normalized spacial score (nSPS) is 10.2. The van der Waals surface area contributed by atoms with Crippen LogP contribution in [-0.4, -0.2) is 22.2 Å². The van der Waals surface area contributed by atoms with E-state index in [-0.39, 0.29) is 11.4 Å². The number of nitrogens with zero attached hydrogens (tertiary/aromatic N) is 2. The minimum atomic E-state index is -0.515. The van der Waals surface area contributed by atoms with E-state index in [1.165, 1.54) is 7.11 Å². The molecule has 0 aliphatic rings. The summed E-state index contributed by atoms with van der Waals surface area (Å²) in [6.07, 6.45) is 1.15. The number of nitrogens with one attached hydrogen (secondary N) is 1. The van der Waals surface area contributed by atoms with E-state index in [0.29, 0.717) is 16.3 Å². The van der Waals surface area contributed by atoms with Crippen LogP contribution in [0.5, 0.6) is 5.75 Å². The highest BCUT2D eigenvalue weighted by atomic mass is 35.5. The third-order valence-electron chi connectivity index (χ3n) is 2.25. The maximum absolute atomic E-state index is 10.8. The van der Waals surface area contributed by atoms with Crippen molar-refractivity contribution in [3.8, 4) is 17.0 Å². The molecule has 0 bridgehead atoms. The number of aromatic amines is 1. The molecule has 1 aromatic carbocycles. The van der Waals surface area contributed by atoms with Gasteiger partial charge in [-0.05, 0) is 18.2 Å². The minimum absolute atomic E-state index is 0.120. The molecule has 0 spiro atoms. The Bertz CT molecular complexity index is 568. The van der Waals surface area contributed by atoms with Gasteiger partial charge < -0.3 is 4.74 Å². The highest BCUT2D eigenvalue weighted by Gasteiger charge is 2.20. The molecule has 0 atom stereocenters. The van der Waals surface area contributed by atoms with E-state index < -0.39 is 4.92 Å². The van der Waals surface area contributed by atoms with Crippen molar-refractivity contribution in [3.63, 3.8) is 0 Å². The molecule has 0 saturated carbocycles. The van der Waals surface area contributed by atoms with E-state index in [1.807, 2.05) is 0 Å². The Balaban J connectivity index is 2.63. The highest BCUT2D eigenvalue weighted by Crippen LogP contribution is 2.35. The summed E-state index contributed by atoms with van der Waals surface area (Å²) in [7, 11) is 1.48. The van der Waals surface area contributed by atoms with E-state index in [0.717, 1.165) is 6.20 Å². The standard InChI is InChI=1S/C10H8ClN3O3/c1-17-9-3-2-6(11)4-7(9)10-8(14(15)16)5-12-13-10/h2-5H,1H3,(H,12,13). The van der Waals surface area contributed by atoms with E-state index >= 15 is 0 Å². The molecule has 17 heavy (non-hydrogen) atoms. The van der Waals surface area contributed by atoms with Crippen LogP contribution >= 0.6 is 11.6 Å². The summed E-state index contributed by atoms with van der Waals surface area (Å²) in [6, 6.07) is 4.87. The molecular weight excluding hydrogens is 246 g/mol. The predicted molar refractivity (Wildman–Crippen MR) is 62.2 cm³/mol. The second-order valence-electron chi connectivity index (χ2n) is 3.23. The van der Waals surface area contributed by atoms with E-state index in [2.05, 4.69) is 10.2 Å². The van der Waals surface area contributed by atoms with Crippen molar-refractivity contribution >= 4 is 17.3 Å². The number of ether oxygens (including phenoxy) is 1. The lowest BCUT2D eigenvalue weighted by Crippen LogP contribution is -1.92. The van der Waals surface area contributed by atoms with Gasteiger partial charge in [0, 0.05) is 5.02 Å². The minimum Gasteiger partial charge on any atom is -0.496 e. The van der Waals surface area contributed by atoms with Crippen LogP contribution < -0.4 is 4.74 Å². The summed E-state index contributed by atoms with van der Waals surface area (Å²) >= 11 is 5.86. The van der Waals surface area contributed by atoms with Crippen molar-refractivity contribution in [1.82, 2.24) is 10.2 Å². The van der Waals surface area contributed by atoms with Gasteiger partial charge >= 0.3 is 5.69 Å². The van der Waals surface area contributed by atoms with Crippen molar-refractivity contribution in [3.05, 3.63) is 39.5 Å². The molecule has 0 unspecified atom stereocenters. The van der Waals surface area contributed by atoms with Gasteiger partial charge in [-0.2, -0.15) is 5.10 Å². The van der Waals surface area contributed by atoms with Gasteiger partial charge in [0.05, 0.1) is 17.6 Å². The molecule has 0 aliphatic carbocycles. The van der Waals surface area contributed by atoms with Crippen LogP contribution in [0.25, 0.3) is 11.3 Å². The molecule has 1 heterocycles. The number of nitro groups is 1. The largest absolute Gasteiger partial charge is 0.496 e. The third kappa shape index (κ3) is 2.07. The van der Waals surface area contributed by atoms with Gasteiger partial charge in [-0.1, -0.05) is 11.6 Å². The Labute approximate surface area is 101 Å². The summed E-state index contributed by atoms with van der Waals surface area (Å²) in [5.41, 5.74) is 0.657. The fraction of sp³-hybridized carbons (Fsp3) is 0.100. The van der Waals surface area contributed by atoms with Crippen LogP contribution in [0.1, 0.15) is 0 Å². The number of hydrogen-bond acceptors (Lipinski definition) is 4. The van der Waals surface area contributed by atoms with Gasteiger partial charge in [0.15, 0.2) is 0 Å². The zero-order valence-corrected chi connectivity index (χ0v) is 9.56. The molecule has 7 heteroatoms. The molecule has 6 nitrogen and oxygen atoms in total. The lowest BCUT2D eigenvalue weighted by molar-refractivity contribution is -0.384. The molecule has 0 amide bonds. The van der Waals surface area contributed by atoms with Crippen molar-refractivity contribution < 1.29 is 9.66 Å². The number of rotatable bonds is 3. The molecular formula is C10H8ClN3O3. The Morgan fingerprint density at radius 2 is 2.29 bits per heavy atom. The van der Waals surface area contributed by atoms with E-state index in [1.54, 1.807) is 18.2 Å². The summed E-state index contributed by atoms with van der Waals surface area (Å²) < 4.78 is 5.13. The molecule has 2 rings (SSSR count). The molecule has 1 aromatic heterocycles. The van der Waals surface area contributed by atoms with Crippen LogP contribution in [0, 0.1) is 10.1 Å². The number of halogens is 1. The predicted octanol–water partition coefficient (Wildman–Crippen LogP) is 2.65. The maximum atomic E-state index is 10.8. The zero-order valence-electron chi connectivity index (χ0n) is 8.81. The molecule has 2 aromatic rings. The Hall–Kier alpha value is -2.08. The second-order valence-corrected chi connectivity index (χ2v) is 3.67. The van der Waals surface area contributed by atoms with Crippen LogP contribution in [0.2, 0.25) is 5.02 Å². The lowest BCUT2D eigenvalue weighted by Gasteiger charge is -2.06. The first-order valence-corrected chi connectivity index (χ1v) is 5.03. The van der Waals surface area contributed by atoms with Crippen molar-refractivity contribution in [1.29, 1.82) is 0 Å². The van der Waals surface area contributed by atoms with Gasteiger partial charge in [-0.15, -0.1) is 0 Å². The third-order valence-corrected chi connectivity index (χ3v) is 2.48. The molecule has 0 saturated heterocycles. The number of benzene rings is 1. The van der Waals surface area contributed by atoms with Crippen molar-refractivity contribution in [2.75, 3.05) is 7.11 Å². The smallest absolute Gasteiger partial charge is 0.314 e. The summed E-state index contributed by atoms with van der Waals surface area (Å²) in [6.45, 7) is 0. The van der Waals surface area contributed by atoms with Gasteiger partial charge in [0.25, 0.3) is 0 Å². The van der Waals surface area contributed by atoms with Crippen LogP contribution in [0.3, 0.4) is 0 Å². The first kappa shape index (κ1) is 11.4. The van der Waals surface area contributed by atoms with Crippen LogP contribution in [-0.2, 0) is 0 Å². The Morgan fingerprint density at radius 3 is 2.94 bits per heavy atom. The summed E-state index contributed by atoms with van der Waals surface area (Å²) in [5.74, 6) is 0.488.